The third-order valence-corrected chi connectivity index (χ3v) is 2.55. The summed E-state index contributed by atoms with van der Waals surface area (Å²) in [7, 11) is 0. The van der Waals surface area contributed by atoms with Crippen LogP contribution < -0.4 is 0 Å². The third kappa shape index (κ3) is 1.18. The van der Waals surface area contributed by atoms with Crippen molar-refractivity contribution in [1.29, 1.82) is 0 Å². The monoisotopic (exact) mass is 163 g/mol. The minimum atomic E-state index is 1.07. The number of fused-ring (bicyclic) bond motifs is 1. The highest BCUT2D eigenvalue weighted by atomic mass is 32.2. The molecule has 0 spiro atoms. The van der Waals surface area contributed by atoms with Gasteiger partial charge in [-0.15, -0.1) is 11.8 Å². The fourth-order valence-electron chi connectivity index (χ4n) is 1.24. The lowest BCUT2D eigenvalue weighted by atomic mass is 10.1. The van der Waals surface area contributed by atoms with Gasteiger partial charge in [0.15, 0.2) is 0 Å². The Balaban J connectivity index is 2.60. The van der Waals surface area contributed by atoms with Gasteiger partial charge in [-0.3, -0.25) is 0 Å². The fourth-order valence-corrected chi connectivity index (χ4v) is 1.90. The zero-order valence-corrected chi connectivity index (χ0v) is 7.19. The maximum Gasteiger partial charge on any atom is 0.0705 e. The lowest BCUT2D eigenvalue weighted by molar-refractivity contribution is 1.31. The Bertz CT molecular complexity index is 304. The van der Waals surface area contributed by atoms with E-state index in [1.54, 1.807) is 11.8 Å². The second-order valence-electron chi connectivity index (χ2n) is 2.63. The van der Waals surface area contributed by atoms with E-state index in [1.807, 2.05) is 5.55 Å². The van der Waals surface area contributed by atoms with Gasteiger partial charge in [-0.05, 0) is 18.1 Å². The summed E-state index contributed by atoms with van der Waals surface area (Å²) in [6, 6.07) is 6.34. The molecule has 0 unspecified atom stereocenters. The summed E-state index contributed by atoms with van der Waals surface area (Å²) in [6.07, 6.45) is 0. The van der Waals surface area contributed by atoms with Crippen LogP contribution in [0.4, 0.5) is 5.69 Å². The SMILES string of the molecule is Cc1cccc2c1N=CSC2. The topological polar surface area (TPSA) is 12.4 Å². The second-order valence-corrected chi connectivity index (χ2v) is 3.46. The molecule has 2 rings (SSSR count). The third-order valence-electron chi connectivity index (χ3n) is 1.82. The zero-order chi connectivity index (χ0) is 7.68. The molecular formula is C9H9NS. The molecule has 1 heterocycles. The standard InChI is InChI=1S/C9H9NS/c1-7-3-2-4-8-5-11-6-10-9(7)8/h2-4,6H,5H2,1H3. The molecule has 2 heteroatoms. The number of nitrogens with zero attached hydrogens (tertiary/aromatic N) is 1. The van der Waals surface area contributed by atoms with Crippen molar-refractivity contribution in [2.75, 3.05) is 0 Å². The average molecular weight is 163 g/mol. The summed E-state index contributed by atoms with van der Waals surface area (Å²) < 4.78 is 0. The molecule has 1 aromatic rings. The maximum absolute atomic E-state index is 4.33. The van der Waals surface area contributed by atoms with Gasteiger partial charge >= 0.3 is 0 Å². The van der Waals surface area contributed by atoms with E-state index in [9.17, 15) is 0 Å². The second kappa shape index (κ2) is 2.70. The molecule has 0 aromatic heterocycles. The summed E-state index contributed by atoms with van der Waals surface area (Å²) in [5.74, 6) is 1.07. The van der Waals surface area contributed by atoms with Crippen molar-refractivity contribution in [2.45, 2.75) is 12.7 Å². The van der Waals surface area contributed by atoms with Gasteiger partial charge in [-0.1, -0.05) is 18.2 Å². The molecular weight excluding hydrogens is 154 g/mol. The summed E-state index contributed by atoms with van der Waals surface area (Å²) >= 11 is 1.75. The molecule has 0 saturated heterocycles. The summed E-state index contributed by atoms with van der Waals surface area (Å²) in [5.41, 5.74) is 5.73. The molecule has 0 N–H and O–H groups in total. The van der Waals surface area contributed by atoms with Gasteiger partial charge < -0.3 is 0 Å². The van der Waals surface area contributed by atoms with Crippen LogP contribution in [-0.2, 0) is 5.75 Å². The van der Waals surface area contributed by atoms with Crippen LogP contribution in [0.5, 0.6) is 0 Å². The minimum absolute atomic E-state index is 1.07. The Morgan fingerprint density at radius 1 is 1.45 bits per heavy atom. The predicted molar refractivity (Wildman–Crippen MR) is 50.6 cm³/mol. The molecule has 0 bridgehead atoms. The molecule has 1 aliphatic heterocycles. The first kappa shape index (κ1) is 6.92. The molecule has 1 nitrogen and oxygen atoms in total. The van der Waals surface area contributed by atoms with E-state index in [0.29, 0.717) is 0 Å². The van der Waals surface area contributed by atoms with E-state index >= 15 is 0 Å². The van der Waals surface area contributed by atoms with Crippen molar-refractivity contribution in [3.05, 3.63) is 29.3 Å². The number of benzene rings is 1. The van der Waals surface area contributed by atoms with Crippen LogP contribution in [0, 0.1) is 6.92 Å². The summed E-state index contributed by atoms with van der Waals surface area (Å²) in [4.78, 5) is 4.33. The van der Waals surface area contributed by atoms with Gasteiger partial charge in [0.05, 0.1) is 11.2 Å². The van der Waals surface area contributed by atoms with Gasteiger partial charge in [0, 0.05) is 5.75 Å². The number of thioether (sulfide) groups is 1. The molecule has 0 saturated carbocycles. The van der Waals surface area contributed by atoms with E-state index in [0.717, 1.165) is 5.75 Å². The van der Waals surface area contributed by atoms with E-state index < -0.39 is 0 Å². The zero-order valence-electron chi connectivity index (χ0n) is 6.37. The highest BCUT2D eigenvalue weighted by Crippen LogP contribution is 2.30. The van der Waals surface area contributed by atoms with Crippen LogP contribution in [0.25, 0.3) is 0 Å². The molecule has 56 valence electrons. The first-order valence-electron chi connectivity index (χ1n) is 3.60. The smallest absolute Gasteiger partial charge is 0.0705 e. The Hall–Kier alpha value is -0.760. The maximum atomic E-state index is 4.33. The highest BCUT2D eigenvalue weighted by molar-refractivity contribution is 8.11. The Labute approximate surface area is 70.5 Å². The molecule has 0 fully saturated rings. The lowest BCUT2D eigenvalue weighted by Crippen LogP contribution is -1.89. The van der Waals surface area contributed by atoms with E-state index in [2.05, 4.69) is 30.1 Å². The molecule has 1 aliphatic rings. The number of hydrogen-bond acceptors (Lipinski definition) is 2. The van der Waals surface area contributed by atoms with Crippen molar-refractivity contribution < 1.29 is 0 Å². The van der Waals surface area contributed by atoms with Crippen LogP contribution >= 0.6 is 11.8 Å². The fraction of sp³-hybridized carbons (Fsp3) is 0.222. The summed E-state index contributed by atoms with van der Waals surface area (Å²) in [6.45, 7) is 2.10. The van der Waals surface area contributed by atoms with Crippen molar-refractivity contribution >= 4 is 23.0 Å². The molecule has 1 aromatic carbocycles. The van der Waals surface area contributed by atoms with Crippen LogP contribution in [0.3, 0.4) is 0 Å². The first-order chi connectivity index (χ1) is 5.38. The van der Waals surface area contributed by atoms with Crippen molar-refractivity contribution in [2.24, 2.45) is 4.99 Å². The summed E-state index contributed by atoms with van der Waals surface area (Å²) in [5, 5.41) is 0. The van der Waals surface area contributed by atoms with E-state index in [4.69, 9.17) is 0 Å². The molecule has 0 aliphatic carbocycles. The van der Waals surface area contributed by atoms with Gasteiger partial charge in [0.2, 0.25) is 0 Å². The van der Waals surface area contributed by atoms with Crippen LogP contribution in [-0.4, -0.2) is 5.55 Å². The number of rotatable bonds is 0. The lowest BCUT2D eigenvalue weighted by Gasteiger charge is -2.10. The van der Waals surface area contributed by atoms with E-state index in [-0.39, 0.29) is 0 Å². The van der Waals surface area contributed by atoms with Gasteiger partial charge in [0.25, 0.3) is 0 Å². The average Bonchev–Trinajstić information content (AvgIpc) is 2.06. The first-order valence-corrected chi connectivity index (χ1v) is 4.65. The predicted octanol–water partition coefficient (Wildman–Crippen LogP) is 2.90. The minimum Gasteiger partial charge on any atom is -0.249 e. The largest absolute Gasteiger partial charge is 0.249 e. The Kier molecular flexibility index (Phi) is 1.70. The molecule has 11 heavy (non-hydrogen) atoms. The number of para-hydroxylation sites is 1. The van der Waals surface area contributed by atoms with Crippen molar-refractivity contribution in [1.82, 2.24) is 0 Å². The quantitative estimate of drug-likeness (QED) is 0.573. The van der Waals surface area contributed by atoms with Gasteiger partial charge in [-0.2, -0.15) is 0 Å². The van der Waals surface area contributed by atoms with Crippen LogP contribution in [0.15, 0.2) is 23.2 Å². The number of aryl methyl sites for hydroxylation is 1. The van der Waals surface area contributed by atoms with E-state index in [1.165, 1.54) is 16.8 Å². The van der Waals surface area contributed by atoms with Crippen molar-refractivity contribution in [3.63, 3.8) is 0 Å². The van der Waals surface area contributed by atoms with Gasteiger partial charge in [-0.25, -0.2) is 4.99 Å². The highest BCUT2D eigenvalue weighted by Gasteiger charge is 2.06. The van der Waals surface area contributed by atoms with Crippen LogP contribution in [0.2, 0.25) is 0 Å². The molecule has 0 radical (unpaired) electrons. The van der Waals surface area contributed by atoms with Crippen LogP contribution in [0.1, 0.15) is 11.1 Å². The molecule has 0 atom stereocenters. The number of aliphatic imine (C=N–C) groups is 1. The Morgan fingerprint density at radius 3 is 3.18 bits per heavy atom. The van der Waals surface area contributed by atoms with Gasteiger partial charge in [0.1, 0.15) is 0 Å². The number of hydrogen-bond donors (Lipinski definition) is 0. The Morgan fingerprint density at radius 2 is 2.36 bits per heavy atom. The molecule has 0 amide bonds. The van der Waals surface area contributed by atoms with Crippen molar-refractivity contribution in [3.8, 4) is 0 Å². The normalized spacial score (nSPS) is 14.6.